The zero-order valence-electron chi connectivity index (χ0n) is 24.1. The van der Waals surface area contributed by atoms with Gasteiger partial charge in [0.2, 0.25) is 17.7 Å². The van der Waals surface area contributed by atoms with Gasteiger partial charge in [-0.1, -0.05) is 58.4 Å². The number of nitrogens with one attached hydrogen (secondary N) is 1. The van der Waals surface area contributed by atoms with Crippen LogP contribution in [0.2, 0.25) is 0 Å². The number of allylic oxidation sites excluding steroid dienone is 1. The molecule has 3 aliphatic heterocycles. The number of amides is 3. The molecular formula is C31H40BrN3O7. The standard InChI is InChI=1S/C31H40BrN3O7/c1-5-7-13-23(37)41-18-22(20-11-9-8-10-12-20)33-28(38)24-25-29(39)35(15-16-36)27(30(40)34(14-6-2)19(3)4)31(25)17-21(32)26(24)42-31/h5-6,8-12,19,21-22,24-27,36H,1-2,7,13-18H2,3-4H3,(H,33,38)/t21?,22-,24-,25+,26-,27-,31+/m0/s1. The normalized spacial score (nSPS) is 28.4. The fraction of sp³-hybridized carbons (Fsp3) is 0.548. The molecule has 1 unspecified atom stereocenters. The van der Waals surface area contributed by atoms with Crippen LogP contribution in [0.3, 0.4) is 0 Å². The van der Waals surface area contributed by atoms with Gasteiger partial charge in [0.05, 0.1) is 30.6 Å². The van der Waals surface area contributed by atoms with Crippen LogP contribution in [0.25, 0.3) is 0 Å². The molecule has 10 nitrogen and oxygen atoms in total. The van der Waals surface area contributed by atoms with Crippen molar-refractivity contribution in [2.75, 3.05) is 26.3 Å². The van der Waals surface area contributed by atoms with Gasteiger partial charge in [-0.3, -0.25) is 19.2 Å². The largest absolute Gasteiger partial charge is 0.463 e. The van der Waals surface area contributed by atoms with Gasteiger partial charge in [0, 0.05) is 30.4 Å². The summed E-state index contributed by atoms with van der Waals surface area (Å²) in [5, 5.41) is 12.9. The Morgan fingerprint density at radius 3 is 2.60 bits per heavy atom. The highest BCUT2D eigenvalue weighted by Crippen LogP contribution is 2.60. The van der Waals surface area contributed by atoms with E-state index in [1.54, 1.807) is 17.1 Å². The molecule has 0 aliphatic carbocycles. The van der Waals surface area contributed by atoms with Crippen molar-refractivity contribution >= 4 is 39.6 Å². The summed E-state index contributed by atoms with van der Waals surface area (Å²) in [4.78, 5) is 57.1. The molecule has 42 heavy (non-hydrogen) atoms. The molecule has 0 saturated carbocycles. The van der Waals surface area contributed by atoms with E-state index in [2.05, 4.69) is 34.4 Å². The summed E-state index contributed by atoms with van der Waals surface area (Å²) in [7, 11) is 0. The highest BCUT2D eigenvalue weighted by Gasteiger charge is 2.76. The summed E-state index contributed by atoms with van der Waals surface area (Å²) in [6.07, 6.45) is 3.63. The Balaban J connectivity index is 1.64. The van der Waals surface area contributed by atoms with Crippen LogP contribution in [0.15, 0.2) is 55.6 Å². The summed E-state index contributed by atoms with van der Waals surface area (Å²) in [6, 6.07) is 7.31. The maximum absolute atomic E-state index is 14.1. The molecule has 2 bridgehead atoms. The van der Waals surface area contributed by atoms with E-state index in [1.807, 2.05) is 44.2 Å². The topological polar surface area (TPSA) is 125 Å². The van der Waals surface area contributed by atoms with Gasteiger partial charge in [0.1, 0.15) is 18.2 Å². The smallest absolute Gasteiger partial charge is 0.306 e. The number of carbonyl (C=O) groups excluding carboxylic acids is 4. The van der Waals surface area contributed by atoms with Crippen LogP contribution >= 0.6 is 15.9 Å². The number of halogens is 1. The number of carbonyl (C=O) groups is 4. The Morgan fingerprint density at radius 2 is 1.98 bits per heavy atom. The fourth-order valence-corrected chi connectivity index (χ4v) is 7.49. The molecule has 228 valence electrons. The average Bonchev–Trinajstić information content (AvgIpc) is 3.56. The van der Waals surface area contributed by atoms with Gasteiger partial charge in [0.15, 0.2) is 0 Å². The van der Waals surface area contributed by atoms with E-state index in [-0.39, 0.29) is 55.4 Å². The summed E-state index contributed by atoms with van der Waals surface area (Å²) >= 11 is 3.67. The van der Waals surface area contributed by atoms with Gasteiger partial charge in [0.25, 0.3) is 0 Å². The number of aliphatic hydroxyl groups excluding tert-OH is 1. The predicted octanol–water partition coefficient (Wildman–Crippen LogP) is 2.52. The first kappa shape index (κ1) is 31.9. The third kappa shape index (κ3) is 5.91. The van der Waals surface area contributed by atoms with Gasteiger partial charge >= 0.3 is 5.97 Å². The van der Waals surface area contributed by atoms with Crippen molar-refractivity contribution in [2.45, 2.75) is 67.8 Å². The van der Waals surface area contributed by atoms with Crippen molar-refractivity contribution in [3.63, 3.8) is 0 Å². The third-order valence-electron chi connectivity index (χ3n) is 8.38. The zero-order valence-corrected chi connectivity index (χ0v) is 25.7. The molecule has 3 amide bonds. The van der Waals surface area contributed by atoms with Crippen LogP contribution in [0.4, 0.5) is 0 Å². The molecule has 3 fully saturated rings. The minimum absolute atomic E-state index is 0.0594. The van der Waals surface area contributed by atoms with E-state index in [0.29, 0.717) is 12.8 Å². The van der Waals surface area contributed by atoms with E-state index in [9.17, 15) is 24.3 Å². The number of hydrogen-bond donors (Lipinski definition) is 2. The number of ether oxygens (including phenoxy) is 2. The molecule has 1 aromatic carbocycles. The summed E-state index contributed by atoms with van der Waals surface area (Å²) < 4.78 is 12.0. The number of likely N-dealkylation sites (tertiary alicyclic amines) is 1. The second kappa shape index (κ2) is 13.5. The van der Waals surface area contributed by atoms with Gasteiger partial charge < -0.3 is 29.7 Å². The molecule has 3 aliphatic rings. The Labute approximate surface area is 255 Å². The number of aliphatic hydroxyl groups is 1. The fourth-order valence-electron chi connectivity index (χ4n) is 6.55. The number of rotatable bonds is 14. The molecule has 3 saturated heterocycles. The van der Waals surface area contributed by atoms with Gasteiger partial charge in [-0.2, -0.15) is 0 Å². The molecule has 7 atom stereocenters. The van der Waals surface area contributed by atoms with Gasteiger partial charge in [-0.05, 0) is 32.3 Å². The Hall–Kier alpha value is -3.02. The van der Waals surface area contributed by atoms with E-state index in [4.69, 9.17) is 9.47 Å². The number of benzene rings is 1. The second-order valence-electron chi connectivity index (χ2n) is 11.3. The first-order chi connectivity index (χ1) is 20.1. The first-order valence-electron chi connectivity index (χ1n) is 14.4. The molecule has 1 aromatic rings. The quantitative estimate of drug-likeness (QED) is 0.181. The minimum atomic E-state index is -1.24. The Bertz CT molecular complexity index is 1190. The van der Waals surface area contributed by atoms with Crippen LogP contribution in [0.1, 0.15) is 44.7 Å². The van der Waals surface area contributed by atoms with E-state index < -0.39 is 47.5 Å². The lowest BCUT2D eigenvalue weighted by Gasteiger charge is -2.38. The van der Waals surface area contributed by atoms with Crippen molar-refractivity contribution in [3.8, 4) is 0 Å². The monoisotopic (exact) mass is 645 g/mol. The van der Waals surface area contributed by atoms with E-state index in [0.717, 1.165) is 5.56 Å². The van der Waals surface area contributed by atoms with Crippen molar-refractivity contribution < 1.29 is 33.8 Å². The van der Waals surface area contributed by atoms with E-state index in [1.165, 1.54) is 4.90 Å². The van der Waals surface area contributed by atoms with Crippen molar-refractivity contribution in [1.29, 1.82) is 0 Å². The number of alkyl halides is 1. The highest BCUT2D eigenvalue weighted by molar-refractivity contribution is 9.09. The first-order valence-corrected chi connectivity index (χ1v) is 15.3. The van der Waals surface area contributed by atoms with Crippen molar-refractivity contribution in [1.82, 2.24) is 15.1 Å². The average molecular weight is 647 g/mol. The minimum Gasteiger partial charge on any atom is -0.463 e. The van der Waals surface area contributed by atoms with Crippen molar-refractivity contribution in [3.05, 3.63) is 61.2 Å². The number of esters is 1. The predicted molar refractivity (Wildman–Crippen MR) is 159 cm³/mol. The number of hydrogen-bond acceptors (Lipinski definition) is 7. The summed E-state index contributed by atoms with van der Waals surface area (Å²) in [5.41, 5.74) is -0.501. The molecule has 3 heterocycles. The van der Waals surface area contributed by atoms with Crippen LogP contribution in [0, 0.1) is 11.8 Å². The molecule has 4 rings (SSSR count). The molecular weight excluding hydrogens is 606 g/mol. The Morgan fingerprint density at radius 1 is 1.26 bits per heavy atom. The Kier molecular flexibility index (Phi) is 10.3. The highest BCUT2D eigenvalue weighted by atomic mass is 79.9. The number of fused-ring (bicyclic) bond motifs is 1. The van der Waals surface area contributed by atoms with Crippen LogP contribution in [-0.4, -0.2) is 93.5 Å². The van der Waals surface area contributed by atoms with Crippen molar-refractivity contribution in [2.24, 2.45) is 11.8 Å². The maximum Gasteiger partial charge on any atom is 0.306 e. The molecule has 0 aromatic heterocycles. The maximum atomic E-state index is 14.1. The molecule has 2 N–H and O–H groups in total. The van der Waals surface area contributed by atoms with Crippen LogP contribution < -0.4 is 5.32 Å². The second-order valence-corrected chi connectivity index (χ2v) is 12.5. The molecule has 1 spiro atoms. The number of nitrogens with zero attached hydrogens (tertiary/aromatic N) is 2. The molecule has 11 heteroatoms. The summed E-state index contributed by atoms with van der Waals surface area (Å²) in [5.74, 6) is -3.34. The number of β-amino-alcohol motifs (C(OH)–C–C–N with tert-alkyl or cyclic N) is 1. The zero-order chi connectivity index (χ0) is 30.6. The third-order valence-corrected chi connectivity index (χ3v) is 9.23. The van der Waals surface area contributed by atoms with Crippen LogP contribution in [-0.2, 0) is 28.7 Å². The van der Waals surface area contributed by atoms with E-state index >= 15 is 0 Å². The van der Waals surface area contributed by atoms with Crippen LogP contribution in [0.5, 0.6) is 0 Å². The molecule has 0 radical (unpaired) electrons. The SMILES string of the molecule is C=CCCC(=O)OC[C@H](NC(=O)[C@@H]1[C@H]2O[C@@]3(CC2Br)[C@H](C(=O)N(CC=C)C(C)C)N(CCO)C(=O)[C@@H]13)c1ccccc1. The van der Waals surface area contributed by atoms with Gasteiger partial charge in [-0.15, -0.1) is 13.2 Å². The van der Waals surface area contributed by atoms with Gasteiger partial charge in [-0.25, -0.2) is 0 Å². The lowest BCUT2D eigenvalue weighted by Crippen LogP contribution is -2.58. The lowest BCUT2D eigenvalue weighted by atomic mass is 9.70. The summed E-state index contributed by atoms with van der Waals surface area (Å²) in [6.45, 7) is 11.0. The lowest BCUT2D eigenvalue weighted by molar-refractivity contribution is -0.149.